The third kappa shape index (κ3) is 11.1. The van der Waals surface area contributed by atoms with Crippen LogP contribution in [0.3, 0.4) is 0 Å². The van der Waals surface area contributed by atoms with Gasteiger partial charge in [-0.3, -0.25) is 14.4 Å². The van der Waals surface area contributed by atoms with Gasteiger partial charge in [-0.25, -0.2) is 0 Å². The summed E-state index contributed by atoms with van der Waals surface area (Å²) >= 11 is 0. The Morgan fingerprint density at radius 3 is 1.12 bits per heavy atom. The van der Waals surface area contributed by atoms with E-state index in [9.17, 15) is 14.4 Å². The summed E-state index contributed by atoms with van der Waals surface area (Å²) in [5, 5.41) is 0. The number of hydrogen-bond donors (Lipinski definition) is 0. The van der Waals surface area contributed by atoms with Crippen molar-refractivity contribution in [3.8, 4) is 74.7 Å². The van der Waals surface area contributed by atoms with Gasteiger partial charge in [-0.15, -0.1) is 0 Å². The lowest BCUT2D eigenvalue weighted by molar-refractivity contribution is 0.103. The Kier molecular flexibility index (Phi) is 15.9. The van der Waals surface area contributed by atoms with E-state index >= 15 is 0 Å². The van der Waals surface area contributed by atoms with E-state index < -0.39 is 23.0 Å². The van der Waals surface area contributed by atoms with Crippen LogP contribution in [0.2, 0.25) is 0 Å². The van der Waals surface area contributed by atoms with E-state index in [-0.39, 0.29) is 57.1 Å². The monoisotopic (exact) mass is 912 g/mol. The lowest BCUT2D eigenvalue weighted by Crippen LogP contribution is -2.10. The molecule has 0 N–H and O–H groups in total. The first-order valence-electron chi connectivity index (χ1n) is 18.9. The number of ether oxygens (including phenoxy) is 7. The quantitative estimate of drug-likeness (QED) is 0.0337. The molecule has 0 radical (unpaired) electrons. The van der Waals surface area contributed by atoms with Crippen molar-refractivity contribution in [3.63, 3.8) is 0 Å². The molecule has 0 aromatic heterocycles. The van der Waals surface area contributed by atoms with Gasteiger partial charge in [0, 0.05) is 29.3 Å². The van der Waals surface area contributed by atoms with Gasteiger partial charge in [0.25, 0.3) is 0 Å². The van der Waals surface area contributed by atoms with Gasteiger partial charge in [0.05, 0.1) is 60.9 Å². The van der Waals surface area contributed by atoms with Crippen molar-refractivity contribution in [3.05, 3.63) is 138 Å². The Morgan fingerprint density at radius 1 is 0.359 bits per heavy atom. The third-order valence-corrected chi connectivity index (χ3v) is 11.1. The molecule has 6 aromatic carbocycles. The molecule has 0 aliphatic heterocycles. The van der Waals surface area contributed by atoms with Crippen LogP contribution in [0.4, 0.5) is 0 Å². The highest BCUT2D eigenvalue weighted by atomic mass is 31.2. The number of ketones is 1. The molecule has 0 aliphatic rings. The molecule has 6 aromatic rings. The zero-order chi connectivity index (χ0) is 45.6. The third-order valence-electron chi connectivity index (χ3n) is 8.99. The van der Waals surface area contributed by atoms with E-state index in [1.807, 2.05) is 0 Å². The largest absolute Gasteiger partial charge is 0.530 e. The van der Waals surface area contributed by atoms with Crippen LogP contribution in [0.5, 0.6) is 74.7 Å². The number of para-hydroxylation sites is 1. The molecule has 0 spiro atoms. The molecule has 64 heavy (non-hydrogen) atoms. The van der Waals surface area contributed by atoms with E-state index in [0.717, 1.165) is 0 Å². The molecule has 332 valence electrons. The van der Waals surface area contributed by atoms with Crippen LogP contribution in [-0.4, -0.2) is 68.1 Å². The Bertz CT molecular complexity index is 2470. The first-order chi connectivity index (χ1) is 31.2. The van der Waals surface area contributed by atoms with Crippen molar-refractivity contribution < 1.29 is 74.7 Å². The summed E-state index contributed by atoms with van der Waals surface area (Å²) in [6.07, 6.45) is 1.31. The minimum absolute atomic E-state index is 0.0158. The molecule has 0 saturated heterocycles. The molecule has 0 amide bonds. The van der Waals surface area contributed by atoms with Gasteiger partial charge in [-0.2, -0.15) is 0 Å². The van der Waals surface area contributed by atoms with Crippen molar-refractivity contribution in [1.82, 2.24) is 0 Å². The Morgan fingerprint density at radius 2 is 0.703 bits per heavy atom. The fourth-order valence-electron chi connectivity index (χ4n) is 5.73. The molecule has 6 rings (SSSR count). The highest BCUT2D eigenvalue weighted by Gasteiger charge is 2.30. The Balaban J connectivity index is 1.40. The van der Waals surface area contributed by atoms with Crippen molar-refractivity contribution in [2.75, 3.05) is 49.8 Å². The van der Waals surface area contributed by atoms with Crippen LogP contribution in [0.15, 0.2) is 115 Å². The van der Waals surface area contributed by atoms with Crippen LogP contribution >= 0.6 is 17.2 Å². The van der Waals surface area contributed by atoms with Gasteiger partial charge in [-0.05, 0) is 84.9 Å². The van der Waals surface area contributed by atoms with E-state index in [2.05, 4.69) is 0 Å². The first-order valence-corrected chi connectivity index (χ1v) is 21.1. The molecule has 0 fully saturated rings. The number of benzene rings is 6. The van der Waals surface area contributed by atoms with E-state index in [1.54, 1.807) is 66.7 Å². The van der Waals surface area contributed by atoms with E-state index in [0.29, 0.717) is 52.4 Å². The molecule has 18 heteroatoms. The molecule has 0 atom stereocenters. The number of hydrogen-bond acceptors (Lipinski definition) is 16. The molecule has 0 bridgehead atoms. The smallest absolute Gasteiger partial charge is 0.497 e. The average Bonchev–Trinajstić information content (AvgIpc) is 3.34. The number of carbonyl (C=O) groups excluding carboxylic acids is 3. The average molecular weight is 913 g/mol. The second-order valence-corrected chi connectivity index (χ2v) is 14.8. The van der Waals surface area contributed by atoms with Gasteiger partial charge < -0.3 is 60.3 Å². The van der Waals surface area contributed by atoms with Crippen LogP contribution in [0.1, 0.15) is 36.6 Å². The van der Waals surface area contributed by atoms with Crippen molar-refractivity contribution in [2.24, 2.45) is 0 Å². The molecule has 0 heterocycles. The SMILES string of the molecule is COc1ccc(OP(Oc2ccc(OC)cc2OC)Oc2ccccc2C(=O)c2ccc(OC)cc2OP(Oc2ccc(C=O)cc2OC)Oc2ccc(C=O)cc2OC)c(OC)c1. The molecular weight excluding hydrogens is 870 g/mol. The standard InChI is InChI=1S/C46H42O16P2/c1-50-31-14-17-35(41(24-31)62-64(58-37-18-12-29(27-47)22-42(37)53-4)59-38-19-13-30(28-48)23-43(38)54-5)46(49)34-10-8-9-11-36(34)57-63(60-39-20-15-32(51-2)25-44(39)55-6)61-40-21-16-33(52-3)26-45(40)56-7/h8-28H,1-7H3. The summed E-state index contributed by atoms with van der Waals surface area (Å²) in [6, 6.07) is 30.0. The fourth-order valence-corrected chi connectivity index (χ4v) is 7.83. The predicted octanol–water partition coefficient (Wildman–Crippen LogP) is 10.1. The van der Waals surface area contributed by atoms with Gasteiger partial charge in [-0.1, -0.05) is 12.1 Å². The number of rotatable bonds is 23. The molecule has 0 saturated carbocycles. The zero-order valence-corrected chi connectivity index (χ0v) is 37.3. The highest BCUT2D eigenvalue weighted by Crippen LogP contribution is 2.51. The minimum Gasteiger partial charge on any atom is -0.497 e. The highest BCUT2D eigenvalue weighted by molar-refractivity contribution is 7.43. The normalized spacial score (nSPS) is 10.6. The van der Waals surface area contributed by atoms with Crippen molar-refractivity contribution in [1.29, 1.82) is 0 Å². The predicted molar refractivity (Wildman–Crippen MR) is 236 cm³/mol. The van der Waals surface area contributed by atoms with E-state index in [4.69, 9.17) is 60.3 Å². The lowest BCUT2D eigenvalue weighted by Gasteiger charge is -2.22. The van der Waals surface area contributed by atoms with Crippen molar-refractivity contribution in [2.45, 2.75) is 0 Å². The maximum Gasteiger partial charge on any atom is 0.530 e. The molecular formula is C46H42O16P2. The summed E-state index contributed by atoms with van der Waals surface area (Å²) in [5.74, 6) is 2.70. The Labute approximate surface area is 371 Å². The van der Waals surface area contributed by atoms with Crippen molar-refractivity contribution >= 4 is 35.6 Å². The molecule has 0 aliphatic carbocycles. The number of aldehydes is 2. The fraction of sp³-hybridized carbons (Fsp3) is 0.152. The van der Waals surface area contributed by atoms with Gasteiger partial charge in [0.15, 0.2) is 46.0 Å². The molecule has 0 unspecified atom stereocenters. The lowest BCUT2D eigenvalue weighted by atomic mass is 10.0. The van der Waals surface area contributed by atoms with Crippen LogP contribution < -0.4 is 60.3 Å². The minimum atomic E-state index is -2.54. The number of carbonyl (C=O) groups is 3. The summed E-state index contributed by atoms with van der Waals surface area (Å²) in [6.45, 7) is 0. The summed E-state index contributed by atoms with van der Waals surface area (Å²) in [7, 11) is 5.30. The number of methoxy groups -OCH3 is 7. The second kappa shape index (κ2) is 22.1. The van der Waals surface area contributed by atoms with E-state index in [1.165, 1.54) is 98.3 Å². The van der Waals surface area contributed by atoms with Gasteiger partial charge in [0.1, 0.15) is 41.3 Å². The summed E-state index contributed by atoms with van der Waals surface area (Å²) < 4.78 is 76.6. The van der Waals surface area contributed by atoms with Crippen LogP contribution in [-0.2, 0) is 0 Å². The zero-order valence-electron chi connectivity index (χ0n) is 35.6. The second-order valence-electron chi connectivity index (χ2n) is 12.8. The summed E-state index contributed by atoms with van der Waals surface area (Å²) in [4.78, 5) is 38.0. The van der Waals surface area contributed by atoms with Gasteiger partial charge >= 0.3 is 17.2 Å². The summed E-state index contributed by atoms with van der Waals surface area (Å²) in [5.41, 5.74) is 0.787. The Hall–Kier alpha value is -7.41. The van der Waals surface area contributed by atoms with Gasteiger partial charge in [0.2, 0.25) is 5.78 Å². The topological polar surface area (TPSA) is 171 Å². The van der Waals surface area contributed by atoms with Crippen LogP contribution in [0, 0.1) is 0 Å². The van der Waals surface area contributed by atoms with Crippen LogP contribution in [0.25, 0.3) is 0 Å². The molecule has 16 nitrogen and oxygen atoms in total. The first kappa shape index (κ1) is 46.1. The maximum atomic E-state index is 14.8. The maximum absolute atomic E-state index is 14.8.